The zero-order valence-corrected chi connectivity index (χ0v) is 13.5. The summed E-state index contributed by atoms with van der Waals surface area (Å²) in [5, 5.41) is 3.10. The first-order chi connectivity index (χ1) is 10.2. The third-order valence-electron chi connectivity index (χ3n) is 3.55. The van der Waals surface area contributed by atoms with Gasteiger partial charge in [0.05, 0.1) is 6.04 Å². The summed E-state index contributed by atoms with van der Waals surface area (Å²) in [5.74, 6) is 5.78. The lowest BCUT2D eigenvalue weighted by Crippen LogP contribution is -2.29. The van der Waals surface area contributed by atoms with E-state index in [9.17, 15) is 0 Å². The zero-order chi connectivity index (χ0) is 14.8. The minimum absolute atomic E-state index is 0.0961. The number of halogens is 2. The Morgan fingerprint density at radius 1 is 0.952 bits per heavy atom. The number of hydrogen-bond donors (Lipinski definition) is 2. The van der Waals surface area contributed by atoms with E-state index in [4.69, 9.17) is 17.4 Å². The molecule has 3 N–H and O–H groups in total. The number of benzene rings is 3. The highest BCUT2D eigenvalue weighted by atomic mass is 79.9. The molecule has 1 atom stereocenters. The van der Waals surface area contributed by atoms with Crippen LogP contribution >= 0.6 is 27.5 Å². The van der Waals surface area contributed by atoms with Crippen molar-refractivity contribution in [3.05, 3.63) is 81.3 Å². The van der Waals surface area contributed by atoms with E-state index >= 15 is 0 Å². The monoisotopic (exact) mass is 360 g/mol. The Balaban J connectivity index is 2.09. The smallest absolute Gasteiger partial charge is 0.0721 e. The largest absolute Gasteiger partial charge is 0.271 e. The second-order valence-corrected chi connectivity index (χ2v) is 6.16. The van der Waals surface area contributed by atoms with Gasteiger partial charge in [-0.05, 0) is 40.1 Å². The van der Waals surface area contributed by atoms with Gasteiger partial charge in [-0.25, -0.2) is 5.43 Å². The Morgan fingerprint density at radius 3 is 2.43 bits per heavy atom. The van der Waals surface area contributed by atoms with Gasteiger partial charge in [0, 0.05) is 9.50 Å². The van der Waals surface area contributed by atoms with Crippen LogP contribution in [-0.4, -0.2) is 0 Å². The van der Waals surface area contributed by atoms with Crippen molar-refractivity contribution in [2.24, 2.45) is 5.84 Å². The first-order valence-corrected chi connectivity index (χ1v) is 7.76. The normalized spacial score (nSPS) is 12.5. The molecule has 0 aliphatic carbocycles. The van der Waals surface area contributed by atoms with Gasteiger partial charge in [-0.3, -0.25) is 5.84 Å². The van der Waals surface area contributed by atoms with E-state index in [1.165, 1.54) is 10.8 Å². The molecule has 0 saturated carbocycles. The van der Waals surface area contributed by atoms with Gasteiger partial charge in [-0.1, -0.05) is 70.0 Å². The molecule has 0 heterocycles. The molecule has 0 aliphatic heterocycles. The van der Waals surface area contributed by atoms with Crippen molar-refractivity contribution in [1.82, 2.24) is 5.43 Å². The lowest BCUT2D eigenvalue weighted by Gasteiger charge is -2.19. The lowest BCUT2D eigenvalue weighted by molar-refractivity contribution is 0.635. The second-order valence-electron chi connectivity index (χ2n) is 4.87. The van der Waals surface area contributed by atoms with Crippen molar-refractivity contribution in [3.8, 4) is 0 Å². The van der Waals surface area contributed by atoms with Crippen LogP contribution in [0.25, 0.3) is 10.8 Å². The molecule has 1 unspecified atom stereocenters. The van der Waals surface area contributed by atoms with E-state index in [2.05, 4.69) is 51.7 Å². The molecule has 3 aromatic carbocycles. The minimum Gasteiger partial charge on any atom is -0.271 e. The highest BCUT2D eigenvalue weighted by Gasteiger charge is 2.16. The third kappa shape index (κ3) is 2.97. The maximum atomic E-state index is 6.01. The third-order valence-corrected chi connectivity index (χ3v) is 4.47. The van der Waals surface area contributed by atoms with Gasteiger partial charge in [0.15, 0.2) is 0 Å². The number of fused-ring (bicyclic) bond motifs is 1. The quantitative estimate of drug-likeness (QED) is 0.519. The van der Waals surface area contributed by atoms with E-state index in [1.54, 1.807) is 0 Å². The summed E-state index contributed by atoms with van der Waals surface area (Å²) in [7, 11) is 0. The number of hydrazine groups is 1. The molecule has 2 nitrogen and oxygen atoms in total. The predicted octanol–water partition coefficient (Wildman–Crippen LogP) is 4.81. The predicted molar refractivity (Wildman–Crippen MR) is 92.3 cm³/mol. The van der Waals surface area contributed by atoms with Gasteiger partial charge in [0.1, 0.15) is 0 Å². The van der Waals surface area contributed by atoms with E-state index in [-0.39, 0.29) is 6.04 Å². The molecule has 0 spiro atoms. The van der Waals surface area contributed by atoms with Crippen molar-refractivity contribution in [1.29, 1.82) is 0 Å². The van der Waals surface area contributed by atoms with Crippen LogP contribution in [0.2, 0.25) is 5.02 Å². The van der Waals surface area contributed by atoms with Crippen LogP contribution in [0.4, 0.5) is 0 Å². The Hall–Kier alpha value is -1.39. The molecule has 0 saturated heterocycles. The van der Waals surface area contributed by atoms with E-state index in [0.717, 1.165) is 15.6 Å². The van der Waals surface area contributed by atoms with Gasteiger partial charge >= 0.3 is 0 Å². The van der Waals surface area contributed by atoms with Crippen LogP contribution in [0.5, 0.6) is 0 Å². The van der Waals surface area contributed by atoms with Gasteiger partial charge < -0.3 is 0 Å². The standard InChI is InChI=1S/C17H14BrClN2/c18-16-10-14(19)7-8-15(16)17(21-20)13-6-5-11-3-1-2-4-12(11)9-13/h1-10,17,21H,20H2. The van der Waals surface area contributed by atoms with Crippen molar-refractivity contribution in [2.75, 3.05) is 0 Å². The van der Waals surface area contributed by atoms with E-state index < -0.39 is 0 Å². The zero-order valence-electron chi connectivity index (χ0n) is 11.2. The number of hydrogen-bond acceptors (Lipinski definition) is 2. The SMILES string of the molecule is NNC(c1ccc2ccccc2c1)c1ccc(Cl)cc1Br. The molecule has 21 heavy (non-hydrogen) atoms. The number of nitrogens with two attached hydrogens (primary N) is 1. The number of nitrogens with one attached hydrogen (secondary N) is 1. The molecular weight excluding hydrogens is 348 g/mol. The molecule has 0 radical (unpaired) electrons. The van der Waals surface area contributed by atoms with Gasteiger partial charge in [-0.2, -0.15) is 0 Å². The van der Waals surface area contributed by atoms with Gasteiger partial charge in [-0.15, -0.1) is 0 Å². The van der Waals surface area contributed by atoms with E-state index in [0.29, 0.717) is 5.02 Å². The minimum atomic E-state index is -0.0961. The molecule has 0 aromatic heterocycles. The lowest BCUT2D eigenvalue weighted by atomic mass is 9.97. The molecule has 3 rings (SSSR count). The van der Waals surface area contributed by atoms with Gasteiger partial charge in [0.2, 0.25) is 0 Å². The average molecular weight is 362 g/mol. The summed E-state index contributed by atoms with van der Waals surface area (Å²) < 4.78 is 0.936. The topological polar surface area (TPSA) is 38.0 Å². The van der Waals surface area contributed by atoms with Crippen LogP contribution < -0.4 is 11.3 Å². The molecule has 0 amide bonds. The molecule has 0 bridgehead atoms. The van der Waals surface area contributed by atoms with Crippen molar-refractivity contribution < 1.29 is 0 Å². The number of rotatable bonds is 3. The summed E-state index contributed by atoms with van der Waals surface area (Å²) in [4.78, 5) is 0. The van der Waals surface area contributed by atoms with Gasteiger partial charge in [0.25, 0.3) is 0 Å². The Kier molecular flexibility index (Phi) is 4.27. The average Bonchev–Trinajstić information content (AvgIpc) is 2.50. The van der Waals surface area contributed by atoms with Crippen LogP contribution in [0.3, 0.4) is 0 Å². The Bertz CT molecular complexity index is 789. The van der Waals surface area contributed by atoms with Crippen LogP contribution in [0.15, 0.2) is 65.1 Å². The second kappa shape index (κ2) is 6.16. The molecular formula is C17H14BrClN2. The van der Waals surface area contributed by atoms with Crippen molar-refractivity contribution in [2.45, 2.75) is 6.04 Å². The maximum absolute atomic E-state index is 6.01. The van der Waals surface area contributed by atoms with Crippen molar-refractivity contribution in [3.63, 3.8) is 0 Å². The van der Waals surface area contributed by atoms with E-state index in [1.807, 2.05) is 30.3 Å². The van der Waals surface area contributed by atoms with Crippen LogP contribution in [-0.2, 0) is 0 Å². The molecule has 0 aliphatic rings. The van der Waals surface area contributed by atoms with Crippen molar-refractivity contribution >= 4 is 38.3 Å². The molecule has 4 heteroatoms. The summed E-state index contributed by atoms with van der Waals surface area (Å²) in [5.41, 5.74) is 5.05. The van der Waals surface area contributed by atoms with Crippen LogP contribution in [0.1, 0.15) is 17.2 Å². The molecule has 0 fully saturated rings. The first kappa shape index (κ1) is 14.5. The van der Waals surface area contributed by atoms with Crippen LogP contribution in [0, 0.1) is 0 Å². The Labute approximate surface area is 137 Å². The fraction of sp³-hybridized carbons (Fsp3) is 0.0588. The maximum Gasteiger partial charge on any atom is 0.0721 e. The first-order valence-electron chi connectivity index (χ1n) is 6.59. The highest BCUT2D eigenvalue weighted by molar-refractivity contribution is 9.10. The highest BCUT2D eigenvalue weighted by Crippen LogP contribution is 2.31. The fourth-order valence-corrected chi connectivity index (χ4v) is 3.40. The summed E-state index contributed by atoms with van der Waals surface area (Å²) >= 11 is 9.56. The summed E-state index contributed by atoms with van der Waals surface area (Å²) in [6, 6.07) is 20.3. The summed E-state index contributed by atoms with van der Waals surface area (Å²) in [6.07, 6.45) is 0. The molecule has 106 valence electrons. The molecule has 3 aromatic rings. The fourth-order valence-electron chi connectivity index (χ4n) is 2.49. The Morgan fingerprint density at radius 2 is 1.71 bits per heavy atom. The summed E-state index contributed by atoms with van der Waals surface area (Å²) in [6.45, 7) is 0.